The molecular formula is C24H24N4O7S. The number of amides is 3. The Hall–Kier alpha value is -4.06. The molecule has 0 spiro atoms. The summed E-state index contributed by atoms with van der Waals surface area (Å²) >= 11 is 0.647. The Morgan fingerprint density at radius 1 is 1.17 bits per heavy atom. The molecule has 0 aromatic heterocycles. The zero-order chi connectivity index (χ0) is 25.8. The number of imide groups is 1. The first kappa shape index (κ1) is 25.0. The van der Waals surface area contributed by atoms with Gasteiger partial charge in [0.2, 0.25) is 11.7 Å². The van der Waals surface area contributed by atoms with Crippen molar-refractivity contribution in [1.29, 1.82) is 0 Å². The molecule has 4 rings (SSSR count). The van der Waals surface area contributed by atoms with Gasteiger partial charge < -0.3 is 19.6 Å². The van der Waals surface area contributed by atoms with Crippen LogP contribution in [0.2, 0.25) is 0 Å². The summed E-state index contributed by atoms with van der Waals surface area (Å²) in [6.45, 7) is 3.65. The summed E-state index contributed by atoms with van der Waals surface area (Å²) in [6.07, 6.45) is 1.31. The number of nitro benzene ring substituents is 1. The monoisotopic (exact) mass is 512 g/mol. The fourth-order valence-electron chi connectivity index (χ4n) is 3.98. The average molecular weight is 513 g/mol. The van der Waals surface area contributed by atoms with Gasteiger partial charge in [-0.3, -0.25) is 29.4 Å². The van der Waals surface area contributed by atoms with Crippen LogP contribution in [0.25, 0.3) is 6.08 Å². The van der Waals surface area contributed by atoms with E-state index in [9.17, 15) is 29.6 Å². The van der Waals surface area contributed by atoms with Crippen molar-refractivity contribution in [3.63, 3.8) is 0 Å². The van der Waals surface area contributed by atoms with Crippen molar-refractivity contribution in [3.05, 3.63) is 63.0 Å². The molecule has 0 unspecified atom stereocenters. The number of hydrogen-bond donors (Lipinski definition) is 1. The third-order valence-corrected chi connectivity index (χ3v) is 6.70. The molecule has 0 atom stereocenters. The number of carbonyl (C=O) groups is 3. The molecule has 3 amide bonds. The highest BCUT2D eigenvalue weighted by atomic mass is 32.2. The number of para-hydroxylation sites is 1. The van der Waals surface area contributed by atoms with E-state index in [1.54, 1.807) is 11.8 Å². The lowest BCUT2D eigenvalue weighted by atomic mass is 10.1. The number of piperazine rings is 1. The summed E-state index contributed by atoms with van der Waals surface area (Å²) in [5, 5.41) is 20.8. The van der Waals surface area contributed by atoms with Gasteiger partial charge in [0.15, 0.2) is 5.75 Å². The number of nitro groups is 1. The first-order valence-corrected chi connectivity index (χ1v) is 12.1. The van der Waals surface area contributed by atoms with E-state index in [1.807, 2.05) is 30.3 Å². The first-order chi connectivity index (χ1) is 17.3. The van der Waals surface area contributed by atoms with Gasteiger partial charge in [-0.05, 0) is 48.5 Å². The second-order valence-corrected chi connectivity index (χ2v) is 9.04. The Kier molecular flexibility index (Phi) is 7.44. The fourth-order valence-corrected chi connectivity index (χ4v) is 4.82. The largest absolute Gasteiger partial charge is 0.500 e. The minimum absolute atomic E-state index is 0.0177. The van der Waals surface area contributed by atoms with Crippen LogP contribution in [-0.4, -0.2) is 76.2 Å². The number of hydrogen-bond acceptors (Lipinski definition) is 9. The summed E-state index contributed by atoms with van der Waals surface area (Å²) in [6, 6.07) is 12.3. The Labute approximate surface area is 211 Å². The van der Waals surface area contributed by atoms with Gasteiger partial charge in [0, 0.05) is 37.9 Å². The van der Waals surface area contributed by atoms with Gasteiger partial charge in [0.25, 0.3) is 11.1 Å². The third-order valence-electron chi connectivity index (χ3n) is 5.79. The molecule has 0 saturated carbocycles. The van der Waals surface area contributed by atoms with E-state index < -0.39 is 27.5 Å². The highest BCUT2D eigenvalue weighted by molar-refractivity contribution is 8.18. The summed E-state index contributed by atoms with van der Waals surface area (Å²) in [7, 11) is 0. The lowest BCUT2D eigenvalue weighted by Gasteiger charge is -2.36. The summed E-state index contributed by atoms with van der Waals surface area (Å²) < 4.78 is 5.25. The van der Waals surface area contributed by atoms with Crippen LogP contribution in [0, 0.1) is 10.1 Å². The van der Waals surface area contributed by atoms with Gasteiger partial charge in [0.1, 0.15) is 6.54 Å². The van der Waals surface area contributed by atoms with Gasteiger partial charge >= 0.3 is 5.69 Å². The SMILES string of the molecule is CCOc1cc(/C=C2/SC(=O)N(CC(=O)N3CCN(c4ccccc4)CC3)C2=O)cc([N+](=O)[O-])c1O. The van der Waals surface area contributed by atoms with Crippen molar-refractivity contribution in [2.45, 2.75) is 6.92 Å². The molecule has 2 aromatic carbocycles. The number of carbonyl (C=O) groups excluding carboxylic acids is 3. The lowest BCUT2D eigenvalue weighted by Crippen LogP contribution is -2.51. The number of phenolic OH excluding ortho intramolecular Hbond substituents is 1. The Balaban J connectivity index is 1.44. The topological polar surface area (TPSA) is 134 Å². The third kappa shape index (κ3) is 5.28. The molecule has 2 aliphatic rings. The average Bonchev–Trinajstić information content (AvgIpc) is 3.13. The van der Waals surface area contributed by atoms with Crippen LogP contribution in [0.1, 0.15) is 12.5 Å². The highest BCUT2D eigenvalue weighted by Gasteiger charge is 2.37. The molecule has 12 heteroatoms. The van der Waals surface area contributed by atoms with Crippen molar-refractivity contribution >= 4 is 46.3 Å². The maximum absolute atomic E-state index is 12.9. The molecule has 2 aromatic rings. The number of aromatic hydroxyl groups is 1. The fraction of sp³-hybridized carbons (Fsp3) is 0.292. The molecule has 0 aliphatic carbocycles. The molecule has 0 bridgehead atoms. The maximum Gasteiger partial charge on any atom is 0.315 e. The molecule has 2 heterocycles. The Morgan fingerprint density at radius 2 is 1.86 bits per heavy atom. The van der Waals surface area contributed by atoms with Crippen LogP contribution >= 0.6 is 11.8 Å². The zero-order valence-corrected chi connectivity index (χ0v) is 20.3. The normalized spacial score (nSPS) is 17.1. The molecule has 2 aliphatic heterocycles. The molecule has 0 radical (unpaired) electrons. The van der Waals surface area contributed by atoms with E-state index in [0.29, 0.717) is 37.9 Å². The number of rotatable bonds is 7. The predicted molar refractivity (Wildman–Crippen MR) is 134 cm³/mol. The van der Waals surface area contributed by atoms with Crippen LogP contribution in [0.15, 0.2) is 47.4 Å². The molecule has 188 valence electrons. The van der Waals surface area contributed by atoms with Crippen molar-refractivity contribution in [2.75, 3.05) is 44.2 Å². The molecule has 11 nitrogen and oxygen atoms in total. The van der Waals surface area contributed by atoms with Crippen molar-refractivity contribution < 1.29 is 29.2 Å². The second kappa shape index (κ2) is 10.7. The van der Waals surface area contributed by atoms with Crippen molar-refractivity contribution in [2.24, 2.45) is 0 Å². The minimum Gasteiger partial charge on any atom is -0.500 e. The smallest absolute Gasteiger partial charge is 0.315 e. The van der Waals surface area contributed by atoms with Crippen LogP contribution in [0.5, 0.6) is 11.5 Å². The number of benzene rings is 2. The summed E-state index contributed by atoms with van der Waals surface area (Å²) in [5.41, 5.74) is 0.690. The van der Waals surface area contributed by atoms with Gasteiger partial charge in [-0.1, -0.05) is 18.2 Å². The molecular weight excluding hydrogens is 488 g/mol. The second-order valence-electron chi connectivity index (χ2n) is 8.05. The Bertz CT molecular complexity index is 1230. The highest BCUT2D eigenvalue weighted by Crippen LogP contribution is 2.39. The minimum atomic E-state index is -0.767. The maximum atomic E-state index is 12.9. The molecule has 2 saturated heterocycles. The quantitative estimate of drug-likeness (QED) is 0.337. The Morgan fingerprint density at radius 3 is 2.50 bits per heavy atom. The number of anilines is 1. The van der Waals surface area contributed by atoms with Crippen LogP contribution < -0.4 is 9.64 Å². The number of ether oxygens (including phenoxy) is 1. The van der Waals surface area contributed by atoms with Crippen LogP contribution in [0.4, 0.5) is 16.2 Å². The molecule has 36 heavy (non-hydrogen) atoms. The molecule has 1 N–H and O–H groups in total. The van der Waals surface area contributed by atoms with Crippen LogP contribution in [0.3, 0.4) is 0 Å². The number of nitrogens with zero attached hydrogens (tertiary/aromatic N) is 4. The van der Waals surface area contributed by atoms with Gasteiger partial charge in [-0.15, -0.1) is 0 Å². The number of phenols is 1. The first-order valence-electron chi connectivity index (χ1n) is 11.3. The lowest BCUT2D eigenvalue weighted by molar-refractivity contribution is -0.386. The van der Waals surface area contributed by atoms with E-state index in [4.69, 9.17) is 4.74 Å². The predicted octanol–water partition coefficient (Wildman–Crippen LogP) is 3.08. The summed E-state index contributed by atoms with van der Waals surface area (Å²) in [4.78, 5) is 53.5. The van der Waals surface area contributed by atoms with Crippen molar-refractivity contribution in [1.82, 2.24) is 9.80 Å². The van der Waals surface area contributed by atoms with Crippen LogP contribution in [-0.2, 0) is 9.59 Å². The van der Waals surface area contributed by atoms with E-state index in [2.05, 4.69) is 4.90 Å². The standard InChI is InChI=1S/C24H24N4O7S/c1-2-35-19-13-16(12-18(22(19)30)28(33)34)14-20-23(31)27(24(32)36-20)15-21(29)26-10-8-25(9-11-26)17-6-4-3-5-7-17/h3-7,12-14,30H,2,8-11,15H2,1H3/b20-14+. The summed E-state index contributed by atoms with van der Waals surface area (Å²) in [5.74, 6) is -1.72. The van der Waals surface area contributed by atoms with E-state index in [0.717, 1.165) is 16.7 Å². The van der Waals surface area contributed by atoms with E-state index in [-0.39, 0.29) is 35.3 Å². The van der Waals surface area contributed by atoms with Gasteiger partial charge in [0.05, 0.1) is 16.4 Å². The zero-order valence-electron chi connectivity index (χ0n) is 19.5. The van der Waals surface area contributed by atoms with E-state index in [1.165, 1.54) is 12.1 Å². The van der Waals surface area contributed by atoms with Crippen molar-refractivity contribution in [3.8, 4) is 11.5 Å². The van der Waals surface area contributed by atoms with E-state index >= 15 is 0 Å². The number of thioether (sulfide) groups is 1. The van der Waals surface area contributed by atoms with Gasteiger partial charge in [-0.2, -0.15) is 0 Å². The van der Waals surface area contributed by atoms with Gasteiger partial charge in [-0.25, -0.2) is 0 Å². The molecule has 2 fully saturated rings.